The molecule has 6 heteroatoms. The lowest BCUT2D eigenvalue weighted by Gasteiger charge is -2.34. The van der Waals surface area contributed by atoms with Gasteiger partial charge in [0.25, 0.3) is 0 Å². The van der Waals surface area contributed by atoms with Gasteiger partial charge in [-0.2, -0.15) is 0 Å². The van der Waals surface area contributed by atoms with E-state index in [4.69, 9.17) is 9.47 Å². The number of aliphatic hydroxyl groups is 2. The molecule has 4 rings (SSSR count). The molecule has 2 saturated carbocycles. The van der Waals surface area contributed by atoms with E-state index in [2.05, 4.69) is 62.0 Å². The van der Waals surface area contributed by atoms with Crippen LogP contribution in [0, 0.1) is 23.2 Å². The van der Waals surface area contributed by atoms with Gasteiger partial charge in [-0.15, -0.1) is 0 Å². The van der Waals surface area contributed by atoms with E-state index >= 15 is 0 Å². The average Bonchev–Trinajstić information content (AvgIpc) is 3.15. The summed E-state index contributed by atoms with van der Waals surface area (Å²) in [5, 5.41) is 18.8. The van der Waals surface area contributed by atoms with E-state index in [9.17, 15) is 19.8 Å². The van der Waals surface area contributed by atoms with E-state index in [1.54, 1.807) is 6.92 Å². The minimum absolute atomic E-state index is 0.0190. The molecule has 2 aliphatic rings. The van der Waals surface area contributed by atoms with Crippen molar-refractivity contribution < 1.29 is 29.3 Å². The Morgan fingerprint density at radius 3 is 1.94 bits per heavy atom. The molecular weight excluding hydrogens is 612 g/mol. The van der Waals surface area contributed by atoms with E-state index in [1.807, 2.05) is 0 Å². The number of unbranched alkanes of at least 4 members (excludes halogenated alkanes) is 2. The van der Waals surface area contributed by atoms with Crippen molar-refractivity contribution in [1.29, 1.82) is 0 Å². The van der Waals surface area contributed by atoms with Crippen molar-refractivity contribution in [3.8, 4) is 0 Å². The van der Waals surface area contributed by atoms with Crippen LogP contribution in [0.3, 0.4) is 0 Å². The number of aldehydes is 1. The van der Waals surface area contributed by atoms with E-state index in [-0.39, 0.29) is 31.3 Å². The second-order valence-electron chi connectivity index (χ2n) is 15.4. The summed E-state index contributed by atoms with van der Waals surface area (Å²) in [6, 6.07) is 19.0. The summed E-state index contributed by atoms with van der Waals surface area (Å²) in [5.41, 5.74) is 5.02. The maximum absolute atomic E-state index is 12.2. The molecule has 2 aromatic carbocycles. The fourth-order valence-electron chi connectivity index (χ4n) is 7.80. The minimum Gasteiger partial charge on any atom is -0.462 e. The number of rotatable bonds is 20. The van der Waals surface area contributed by atoms with Crippen molar-refractivity contribution in [3.05, 3.63) is 82.9 Å². The van der Waals surface area contributed by atoms with Crippen LogP contribution in [0.4, 0.5) is 0 Å². The lowest BCUT2D eigenvalue weighted by Crippen LogP contribution is -2.34. The first-order chi connectivity index (χ1) is 23.8. The van der Waals surface area contributed by atoms with Crippen LogP contribution < -0.4 is 0 Å². The average molecular weight is 675 g/mol. The van der Waals surface area contributed by atoms with Crippen LogP contribution in [0.5, 0.6) is 0 Å². The molecule has 2 atom stereocenters. The zero-order chi connectivity index (χ0) is 35.1. The van der Waals surface area contributed by atoms with Gasteiger partial charge in [-0.05, 0) is 117 Å². The van der Waals surface area contributed by atoms with Crippen LogP contribution in [0.25, 0.3) is 0 Å². The molecule has 0 spiro atoms. The largest absolute Gasteiger partial charge is 0.462 e. The predicted octanol–water partition coefficient (Wildman–Crippen LogP) is 8.52. The fraction of sp³-hybridized carbons (Fsp3) is 0.628. The number of esters is 1. The van der Waals surface area contributed by atoms with Crippen molar-refractivity contribution in [3.63, 3.8) is 0 Å². The Hall–Kier alpha value is -2.80. The highest BCUT2D eigenvalue weighted by molar-refractivity contribution is 5.87. The van der Waals surface area contributed by atoms with Gasteiger partial charge in [0.1, 0.15) is 6.29 Å². The highest BCUT2D eigenvalue weighted by Gasteiger charge is 2.31. The highest BCUT2D eigenvalue weighted by Crippen LogP contribution is 2.41. The lowest BCUT2D eigenvalue weighted by molar-refractivity contribution is -0.142. The first-order valence-electron chi connectivity index (χ1n) is 19.1. The van der Waals surface area contributed by atoms with E-state index < -0.39 is 18.0 Å². The van der Waals surface area contributed by atoms with Crippen LogP contribution in [-0.4, -0.2) is 55.5 Å². The lowest BCUT2D eigenvalue weighted by atomic mass is 9.74. The first kappa shape index (κ1) is 39.0. The Labute approximate surface area is 295 Å². The van der Waals surface area contributed by atoms with Crippen LogP contribution in [-0.2, 0) is 31.9 Å². The van der Waals surface area contributed by atoms with Crippen molar-refractivity contribution >= 4 is 12.3 Å². The topological polar surface area (TPSA) is 93.1 Å². The quantitative estimate of drug-likeness (QED) is 0.0633. The number of carbonyl (C=O) groups is 2. The van der Waals surface area contributed by atoms with Gasteiger partial charge >= 0.3 is 5.97 Å². The van der Waals surface area contributed by atoms with Crippen LogP contribution in [0.2, 0.25) is 0 Å². The molecule has 2 fully saturated rings. The maximum atomic E-state index is 12.2. The molecule has 2 aliphatic carbocycles. The number of carbonyl (C=O) groups excluding carboxylic acids is 2. The molecule has 2 N–H and O–H groups in total. The maximum Gasteiger partial charge on any atom is 0.335 e. The van der Waals surface area contributed by atoms with Gasteiger partial charge in [-0.1, -0.05) is 87.7 Å². The molecule has 0 bridgehead atoms. The summed E-state index contributed by atoms with van der Waals surface area (Å²) in [6.45, 7) is 7.43. The molecule has 0 amide bonds. The summed E-state index contributed by atoms with van der Waals surface area (Å²) in [4.78, 5) is 23.6. The number of aliphatic hydroxyl groups excluding tert-OH is 2. The van der Waals surface area contributed by atoms with Gasteiger partial charge in [0.2, 0.25) is 0 Å². The molecule has 0 aromatic heterocycles. The number of ether oxygens (including phenoxy) is 2. The standard InChI is InChI=1S/C43H62O6/c1-4-5-6-7-33-10-16-36(17-11-33)38-22-24-39(25-23-38)37-18-12-34(13-19-37)8-9-35-14-20-40(21-15-35)41(28-49-42(47)32(2)26-44)27-48-31-43(3,29-45)30-46/h10-13,16-19,29,35,38-41,44,46H,2,4-9,14-15,20-28,30-31H2,1,3H3. The Balaban J connectivity index is 1.19. The number of hydrogen-bond donors (Lipinski definition) is 2. The SMILES string of the molecule is C=C(CO)C(=O)OCC(COCC(C)(C=O)CO)C1CCC(CCc2ccc(C3CCC(c4ccc(CCCCC)cc4)CC3)cc2)CC1. The van der Waals surface area contributed by atoms with Crippen molar-refractivity contribution in [2.24, 2.45) is 23.2 Å². The zero-order valence-corrected chi connectivity index (χ0v) is 30.3. The Morgan fingerprint density at radius 1 is 0.857 bits per heavy atom. The molecule has 0 radical (unpaired) electrons. The van der Waals surface area contributed by atoms with Crippen molar-refractivity contribution in [2.75, 3.05) is 33.0 Å². The van der Waals surface area contributed by atoms with E-state index in [0.717, 1.165) is 38.4 Å². The van der Waals surface area contributed by atoms with Crippen molar-refractivity contribution in [2.45, 2.75) is 116 Å². The monoisotopic (exact) mass is 674 g/mol. The Kier molecular flexibility index (Phi) is 16.0. The molecule has 0 saturated heterocycles. The molecule has 2 unspecified atom stereocenters. The summed E-state index contributed by atoms with van der Waals surface area (Å²) >= 11 is 0. The van der Waals surface area contributed by atoms with E-state index in [0.29, 0.717) is 30.3 Å². The third-order valence-corrected chi connectivity index (χ3v) is 11.4. The van der Waals surface area contributed by atoms with Crippen molar-refractivity contribution in [1.82, 2.24) is 0 Å². The molecule has 6 nitrogen and oxygen atoms in total. The molecule has 49 heavy (non-hydrogen) atoms. The van der Waals surface area contributed by atoms with Gasteiger partial charge < -0.3 is 24.5 Å². The second kappa shape index (κ2) is 20.1. The van der Waals surface area contributed by atoms with Gasteiger partial charge in [-0.25, -0.2) is 4.79 Å². The van der Waals surface area contributed by atoms with Crippen LogP contribution in [0.1, 0.15) is 125 Å². The number of benzene rings is 2. The summed E-state index contributed by atoms with van der Waals surface area (Å²) in [6.07, 6.45) is 17.5. The molecule has 270 valence electrons. The minimum atomic E-state index is -0.942. The second-order valence-corrected chi connectivity index (χ2v) is 15.4. The molecule has 0 heterocycles. The van der Waals surface area contributed by atoms with Gasteiger partial charge in [-0.3, -0.25) is 0 Å². The summed E-state index contributed by atoms with van der Waals surface area (Å²) < 4.78 is 11.4. The molecule has 0 aliphatic heterocycles. The first-order valence-corrected chi connectivity index (χ1v) is 19.1. The number of hydrogen-bond acceptors (Lipinski definition) is 6. The summed E-state index contributed by atoms with van der Waals surface area (Å²) in [7, 11) is 0. The Morgan fingerprint density at radius 2 is 1.43 bits per heavy atom. The van der Waals surface area contributed by atoms with E-state index in [1.165, 1.54) is 80.0 Å². The van der Waals surface area contributed by atoms with Gasteiger partial charge in [0, 0.05) is 5.92 Å². The predicted molar refractivity (Wildman–Crippen MR) is 197 cm³/mol. The summed E-state index contributed by atoms with van der Waals surface area (Å²) in [5.74, 6) is 1.77. The Bertz CT molecular complexity index is 1270. The third kappa shape index (κ3) is 12.2. The third-order valence-electron chi connectivity index (χ3n) is 11.4. The zero-order valence-electron chi connectivity index (χ0n) is 30.3. The highest BCUT2D eigenvalue weighted by atomic mass is 16.5. The fourth-order valence-corrected chi connectivity index (χ4v) is 7.80. The van der Waals surface area contributed by atoms with Gasteiger partial charge in [0.15, 0.2) is 0 Å². The smallest absolute Gasteiger partial charge is 0.335 e. The van der Waals surface area contributed by atoms with Crippen LogP contribution in [0.15, 0.2) is 60.7 Å². The molecule has 2 aromatic rings. The van der Waals surface area contributed by atoms with Gasteiger partial charge in [0.05, 0.1) is 44.0 Å². The van der Waals surface area contributed by atoms with Crippen LogP contribution >= 0.6 is 0 Å². The number of aryl methyl sites for hydroxylation is 2. The molecular formula is C43H62O6. The normalized spacial score (nSPS) is 22.9.